The van der Waals surface area contributed by atoms with Crippen LogP contribution in [0.4, 0.5) is 5.69 Å². The lowest BCUT2D eigenvalue weighted by molar-refractivity contribution is 0.0858. The summed E-state index contributed by atoms with van der Waals surface area (Å²) in [5.41, 5.74) is 1.19. The van der Waals surface area contributed by atoms with E-state index in [0.717, 1.165) is 0 Å². The monoisotopic (exact) mass is 254 g/mol. The number of carbonyl (C=O) groups excluding carboxylic acids is 1. The van der Waals surface area contributed by atoms with Crippen molar-refractivity contribution in [1.29, 1.82) is 0 Å². The van der Waals surface area contributed by atoms with Gasteiger partial charge in [-0.1, -0.05) is 12.1 Å². The van der Waals surface area contributed by atoms with Gasteiger partial charge in [0.1, 0.15) is 0 Å². The van der Waals surface area contributed by atoms with Gasteiger partial charge in [-0.3, -0.25) is 18.7 Å². The highest BCUT2D eigenvalue weighted by molar-refractivity contribution is 7.59. The fourth-order valence-electron chi connectivity index (χ4n) is 1.90. The number of hydrogen-bond acceptors (Lipinski definition) is 3. The van der Waals surface area contributed by atoms with Crippen molar-refractivity contribution in [3.05, 3.63) is 29.8 Å². The molecule has 1 aliphatic heterocycles. The van der Waals surface area contributed by atoms with Crippen LogP contribution in [-0.4, -0.2) is 31.3 Å². The summed E-state index contributed by atoms with van der Waals surface area (Å²) >= 11 is 0. The Hall–Kier alpha value is -1.32. The molecule has 1 atom stereocenters. The van der Waals surface area contributed by atoms with Gasteiger partial charge in [0.2, 0.25) is 0 Å². The third-order valence-corrected chi connectivity index (χ3v) is 5.34. The molecular formula is C11H15N2O3P. The summed E-state index contributed by atoms with van der Waals surface area (Å²) in [5, 5.41) is 0. The standard InChI is InChI=1S/C11H15N2O3P/c1-4-16-17(15)12(2)10-8-6-5-7-9(10)11(14)13(17)3/h5-8H,4H2,1-3H3. The van der Waals surface area contributed by atoms with E-state index in [0.29, 0.717) is 17.9 Å². The zero-order valence-electron chi connectivity index (χ0n) is 10.1. The first-order valence-corrected chi connectivity index (χ1v) is 6.91. The largest absolute Gasteiger partial charge is 0.398 e. The Kier molecular flexibility index (Phi) is 2.98. The maximum atomic E-state index is 12.7. The van der Waals surface area contributed by atoms with Gasteiger partial charge in [0.15, 0.2) is 0 Å². The van der Waals surface area contributed by atoms with Crippen molar-refractivity contribution >= 4 is 19.3 Å². The van der Waals surface area contributed by atoms with E-state index in [1.807, 2.05) is 6.07 Å². The second-order valence-electron chi connectivity index (χ2n) is 3.78. The molecule has 2 rings (SSSR count). The summed E-state index contributed by atoms with van der Waals surface area (Å²) < 4.78 is 20.7. The summed E-state index contributed by atoms with van der Waals surface area (Å²) in [6, 6.07) is 7.09. The van der Waals surface area contributed by atoms with Crippen molar-refractivity contribution in [2.45, 2.75) is 6.92 Å². The molecule has 6 heteroatoms. The van der Waals surface area contributed by atoms with Gasteiger partial charge in [0.25, 0.3) is 5.91 Å². The van der Waals surface area contributed by atoms with E-state index in [9.17, 15) is 9.36 Å². The third-order valence-electron chi connectivity index (χ3n) is 2.83. The molecule has 1 heterocycles. The number of para-hydroxylation sites is 1. The molecule has 92 valence electrons. The molecule has 1 aromatic carbocycles. The van der Waals surface area contributed by atoms with Crippen LogP contribution in [0.5, 0.6) is 0 Å². The molecule has 0 saturated carbocycles. The lowest BCUT2D eigenvalue weighted by Gasteiger charge is -2.39. The summed E-state index contributed by atoms with van der Waals surface area (Å²) in [6.45, 7) is 2.05. The predicted octanol–water partition coefficient (Wildman–Crippen LogP) is 2.35. The van der Waals surface area contributed by atoms with E-state index >= 15 is 0 Å². The van der Waals surface area contributed by atoms with Crippen LogP contribution in [0.2, 0.25) is 0 Å². The average molecular weight is 254 g/mol. The molecule has 0 radical (unpaired) electrons. The average Bonchev–Trinajstić information content (AvgIpc) is 2.35. The number of hydrogen-bond donors (Lipinski definition) is 0. The Morgan fingerprint density at radius 1 is 1.24 bits per heavy atom. The van der Waals surface area contributed by atoms with Crippen LogP contribution in [0.3, 0.4) is 0 Å². The molecule has 0 aromatic heterocycles. The quantitative estimate of drug-likeness (QED) is 0.760. The minimum atomic E-state index is -3.27. The number of nitrogens with zero attached hydrogens (tertiary/aromatic N) is 2. The highest BCUT2D eigenvalue weighted by Gasteiger charge is 2.43. The second kappa shape index (κ2) is 4.17. The number of amides is 1. The van der Waals surface area contributed by atoms with Crippen molar-refractivity contribution < 1.29 is 13.9 Å². The molecule has 0 saturated heterocycles. The number of rotatable bonds is 2. The first-order chi connectivity index (χ1) is 8.02. The molecule has 0 spiro atoms. The topological polar surface area (TPSA) is 49.9 Å². The van der Waals surface area contributed by atoms with Crippen molar-refractivity contribution in [2.75, 3.05) is 25.4 Å². The van der Waals surface area contributed by atoms with Crippen LogP contribution in [0, 0.1) is 0 Å². The maximum absolute atomic E-state index is 12.7. The zero-order valence-corrected chi connectivity index (χ0v) is 11.0. The fourth-order valence-corrected chi connectivity index (χ4v) is 3.77. The van der Waals surface area contributed by atoms with Gasteiger partial charge < -0.3 is 0 Å². The van der Waals surface area contributed by atoms with E-state index < -0.39 is 7.67 Å². The minimum Gasteiger partial charge on any atom is -0.298 e. The maximum Gasteiger partial charge on any atom is 0.398 e. The number of anilines is 1. The zero-order chi connectivity index (χ0) is 12.6. The molecule has 0 aliphatic carbocycles. The predicted molar refractivity (Wildman–Crippen MR) is 66.2 cm³/mol. The van der Waals surface area contributed by atoms with Gasteiger partial charge in [-0.15, -0.1) is 0 Å². The van der Waals surface area contributed by atoms with Crippen LogP contribution in [0.15, 0.2) is 24.3 Å². The van der Waals surface area contributed by atoms with Gasteiger partial charge in [0.05, 0.1) is 17.9 Å². The minimum absolute atomic E-state index is 0.268. The highest BCUT2D eigenvalue weighted by atomic mass is 31.2. The summed E-state index contributed by atoms with van der Waals surface area (Å²) in [4.78, 5) is 12.1. The fraction of sp³-hybridized carbons (Fsp3) is 0.364. The first kappa shape index (κ1) is 12.1. The van der Waals surface area contributed by atoms with Crippen LogP contribution >= 0.6 is 7.67 Å². The Bertz CT molecular complexity index is 503. The molecule has 1 unspecified atom stereocenters. The molecular weight excluding hydrogens is 239 g/mol. The normalized spacial score (nSPS) is 23.8. The molecule has 0 bridgehead atoms. The van der Waals surface area contributed by atoms with Gasteiger partial charge in [-0.05, 0) is 19.1 Å². The molecule has 0 fully saturated rings. The summed E-state index contributed by atoms with van der Waals surface area (Å²) in [6.07, 6.45) is 0. The number of benzene rings is 1. The Labute approximate surface area is 101 Å². The summed E-state index contributed by atoms with van der Waals surface area (Å²) in [5.74, 6) is -0.268. The second-order valence-corrected chi connectivity index (χ2v) is 6.22. The molecule has 1 aromatic rings. The van der Waals surface area contributed by atoms with Crippen LogP contribution in [-0.2, 0) is 9.09 Å². The molecule has 17 heavy (non-hydrogen) atoms. The lowest BCUT2D eigenvalue weighted by Crippen LogP contribution is -2.38. The van der Waals surface area contributed by atoms with Gasteiger partial charge in [0, 0.05) is 14.1 Å². The Morgan fingerprint density at radius 2 is 1.88 bits per heavy atom. The third kappa shape index (κ3) is 1.66. The van der Waals surface area contributed by atoms with E-state index in [-0.39, 0.29) is 5.91 Å². The van der Waals surface area contributed by atoms with Crippen molar-refractivity contribution in [3.8, 4) is 0 Å². The van der Waals surface area contributed by atoms with Gasteiger partial charge in [-0.2, -0.15) is 0 Å². The number of carbonyl (C=O) groups is 1. The smallest absolute Gasteiger partial charge is 0.298 e. The van der Waals surface area contributed by atoms with Crippen molar-refractivity contribution in [2.24, 2.45) is 0 Å². The van der Waals surface area contributed by atoms with Crippen molar-refractivity contribution in [1.82, 2.24) is 4.67 Å². The lowest BCUT2D eigenvalue weighted by atomic mass is 10.1. The molecule has 1 aliphatic rings. The molecule has 0 N–H and O–H groups in total. The Morgan fingerprint density at radius 3 is 2.53 bits per heavy atom. The summed E-state index contributed by atoms with van der Waals surface area (Å²) in [7, 11) is -0.0829. The highest BCUT2D eigenvalue weighted by Crippen LogP contribution is 2.58. The Balaban J connectivity index is 2.58. The van der Waals surface area contributed by atoms with Gasteiger partial charge in [-0.25, -0.2) is 4.57 Å². The van der Waals surface area contributed by atoms with Crippen LogP contribution < -0.4 is 4.67 Å². The number of fused-ring (bicyclic) bond motifs is 1. The van der Waals surface area contributed by atoms with Crippen molar-refractivity contribution in [3.63, 3.8) is 0 Å². The van der Waals surface area contributed by atoms with E-state index in [1.165, 1.54) is 11.7 Å². The molecule has 5 nitrogen and oxygen atoms in total. The van der Waals surface area contributed by atoms with Gasteiger partial charge >= 0.3 is 7.67 Å². The van der Waals surface area contributed by atoms with E-state index in [4.69, 9.17) is 4.52 Å². The molecule has 1 amide bonds. The van der Waals surface area contributed by atoms with E-state index in [2.05, 4.69) is 0 Å². The SMILES string of the molecule is CCOP1(=O)N(C)C(=O)c2ccccc2N1C. The van der Waals surface area contributed by atoms with Crippen LogP contribution in [0.25, 0.3) is 0 Å². The first-order valence-electron chi connectivity index (χ1n) is 5.38. The van der Waals surface area contributed by atoms with E-state index in [1.54, 1.807) is 36.8 Å². The van der Waals surface area contributed by atoms with Crippen LogP contribution in [0.1, 0.15) is 17.3 Å².